The van der Waals surface area contributed by atoms with E-state index in [9.17, 15) is 0 Å². The molecule has 78 valence electrons. The summed E-state index contributed by atoms with van der Waals surface area (Å²) in [5.41, 5.74) is 0.925. The molecule has 1 aromatic rings. The molecule has 1 heterocycles. The highest BCUT2D eigenvalue weighted by molar-refractivity contribution is 5.60. The van der Waals surface area contributed by atoms with Crippen LogP contribution in [0, 0.1) is 0 Å². The molecule has 0 amide bonds. The Morgan fingerprint density at radius 3 is 2.43 bits per heavy atom. The molecule has 0 spiro atoms. The lowest BCUT2D eigenvalue weighted by Crippen LogP contribution is -1.71. The third-order valence-corrected chi connectivity index (χ3v) is 1.44. The average molecular weight is 193 g/mol. The second-order valence-corrected chi connectivity index (χ2v) is 2.14. The summed E-state index contributed by atoms with van der Waals surface area (Å²) in [7, 11) is 0. The molecule has 0 N–H and O–H groups in total. The molecule has 0 saturated carbocycles. The Morgan fingerprint density at radius 2 is 1.71 bits per heavy atom. The first-order chi connectivity index (χ1) is 6.97. The Morgan fingerprint density at radius 1 is 1.07 bits per heavy atom. The first-order valence-electron chi connectivity index (χ1n) is 5.23. The van der Waals surface area contributed by atoms with Crippen LogP contribution in [0.15, 0.2) is 23.0 Å². The number of allylic oxidation sites excluding steroid dienone is 2. The number of oxazole rings is 1. The highest BCUT2D eigenvalue weighted by atomic mass is 16.3. The summed E-state index contributed by atoms with van der Waals surface area (Å²) >= 11 is 0. The van der Waals surface area contributed by atoms with Crippen LogP contribution < -0.4 is 0 Å². The Kier molecular flexibility index (Phi) is 7.52. The zero-order chi connectivity index (χ0) is 10.8. The van der Waals surface area contributed by atoms with Crippen molar-refractivity contribution in [2.24, 2.45) is 0 Å². The van der Waals surface area contributed by atoms with Crippen molar-refractivity contribution in [1.82, 2.24) is 4.98 Å². The molecule has 2 nitrogen and oxygen atoms in total. The van der Waals surface area contributed by atoms with Crippen LogP contribution in [0.4, 0.5) is 0 Å². The van der Waals surface area contributed by atoms with E-state index in [2.05, 4.69) is 11.1 Å². The third kappa shape index (κ3) is 3.60. The molecule has 0 atom stereocenters. The number of hydrogen-bond donors (Lipinski definition) is 0. The Balaban J connectivity index is 0.000000379. The fourth-order valence-electron chi connectivity index (χ4n) is 0.947. The maximum absolute atomic E-state index is 5.09. The van der Waals surface area contributed by atoms with Gasteiger partial charge in [-0.15, -0.1) is 0 Å². The zero-order valence-corrected chi connectivity index (χ0v) is 9.45. The molecule has 2 rings (SSSR count). The molecule has 0 aromatic carbocycles. The van der Waals surface area contributed by atoms with Crippen LogP contribution in [0.2, 0.25) is 0 Å². The maximum Gasteiger partial charge on any atom is 0.181 e. The van der Waals surface area contributed by atoms with Crippen LogP contribution in [0.1, 0.15) is 45.6 Å². The topological polar surface area (TPSA) is 26.0 Å². The van der Waals surface area contributed by atoms with Crippen LogP contribution in [0.3, 0.4) is 0 Å². The summed E-state index contributed by atoms with van der Waals surface area (Å²) in [6.45, 7) is 8.00. The normalized spacial score (nSPS) is 11.4. The van der Waals surface area contributed by atoms with Gasteiger partial charge in [0.1, 0.15) is 5.69 Å². The number of aromatic nitrogens is 1. The summed E-state index contributed by atoms with van der Waals surface area (Å²) < 4.78 is 5.09. The lowest BCUT2D eigenvalue weighted by Gasteiger charge is -1.81. The lowest BCUT2D eigenvalue weighted by atomic mass is 10.3. The molecule has 2 heteroatoms. The first kappa shape index (κ1) is 12.7. The van der Waals surface area contributed by atoms with Gasteiger partial charge >= 0.3 is 0 Å². The van der Waals surface area contributed by atoms with Crippen LogP contribution in [0.5, 0.6) is 0 Å². The third-order valence-electron chi connectivity index (χ3n) is 1.44. The summed E-state index contributed by atoms with van der Waals surface area (Å²) in [6.07, 6.45) is 10.5. The molecule has 0 unspecified atom stereocenters. The van der Waals surface area contributed by atoms with Crippen molar-refractivity contribution in [1.29, 1.82) is 0 Å². The summed E-state index contributed by atoms with van der Waals surface area (Å²) in [5.74, 6) is 0.855. The van der Waals surface area contributed by atoms with Gasteiger partial charge in [-0.05, 0) is 18.6 Å². The van der Waals surface area contributed by atoms with Crippen molar-refractivity contribution in [3.05, 3.63) is 30.0 Å². The zero-order valence-electron chi connectivity index (χ0n) is 9.45. The monoisotopic (exact) mass is 193 g/mol. The minimum Gasteiger partial charge on any atom is -0.443 e. The van der Waals surface area contributed by atoms with Crippen molar-refractivity contribution < 1.29 is 4.42 Å². The lowest BCUT2D eigenvalue weighted by molar-refractivity contribution is 0.548. The summed E-state index contributed by atoms with van der Waals surface area (Å²) in [6, 6.07) is 0. The Bertz CT molecular complexity index is 258. The number of nitrogens with zero attached hydrogens (tertiary/aromatic N) is 1. The highest BCUT2D eigenvalue weighted by Gasteiger charge is 2.01. The van der Waals surface area contributed by atoms with Gasteiger partial charge in [-0.2, -0.15) is 0 Å². The largest absolute Gasteiger partial charge is 0.443 e. The van der Waals surface area contributed by atoms with Crippen molar-refractivity contribution in [3.63, 3.8) is 0 Å². The van der Waals surface area contributed by atoms with E-state index in [0.717, 1.165) is 17.9 Å². The molecule has 0 radical (unpaired) electrons. The van der Waals surface area contributed by atoms with Gasteiger partial charge in [0, 0.05) is 0 Å². The molecule has 0 bridgehead atoms. The smallest absolute Gasteiger partial charge is 0.181 e. The average Bonchev–Trinajstić information content (AvgIpc) is 2.61. The predicted molar refractivity (Wildman–Crippen MR) is 61.9 cm³/mol. The van der Waals surface area contributed by atoms with Crippen molar-refractivity contribution in [3.8, 4) is 0 Å². The van der Waals surface area contributed by atoms with E-state index in [4.69, 9.17) is 4.42 Å². The highest BCUT2D eigenvalue weighted by Crippen LogP contribution is 2.14. The molecular formula is C12H19NO. The Hall–Kier alpha value is -1.31. The molecule has 0 aliphatic heterocycles. The second kappa shape index (κ2) is 8.30. The molecule has 1 aliphatic carbocycles. The van der Waals surface area contributed by atoms with Crippen molar-refractivity contribution in [2.75, 3.05) is 0 Å². The fraction of sp³-hybridized carbons (Fsp3) is 0.417. The molecule has 14 heavy (non-hydrogen) atoms. The van der Waals surface area contributed by atoms with E-state index >= 15 is 0 Å². The van der Waals surface area contributed by atoms with Gasteiger partial charge in [0.25, 0.3) is 0 Å². The standard InChI is InChI=1S/C8H7NO.2C2H6/c1-2-4-7-8(5-3-1)10-6-9-7;2*1-2/h2-6H,1H2;2*1-2H3. The van der Waals surface area contributed by atoms with Crippen LogP contribution in [0.25, 0.3) is 12.2 Å². The SMILES string of the molecule is C1=Cc2ncoc2C=CC1.CC.CC. The van der Waals surface area contributed by atoms with Crippen molar-refractivity contribution in [2.45, 2.75) is 34.1 Å². The molecule has 1 aromatic heterocycles. The number of fused-ring (bicyclic) bond motifs is 1. The van der Waals surface area contributed by atoms with E-state index in [1.54, 1.807) is 0 Å². The quantitative estimate of drug-likeness (QED) is 0.618. The number of rotatable bonds is 0. The van der Waals surface area contributed by atoms with Gasteiger partial charge in [-0.3, -0.25) is 0 Å². The molecule has 0 saturated heterocycles. The molecule has 1 aliphatic rings. The number of hydrogen-bond acceptors (Lipinski definition) is 2. The van der Waals surface area contributed by atoms with E-state index in [1.807, 2.05) is 45.9 Å². The fourth-order valence-corrected chi connectivity index (χ4v) is 0.947. The van der Waals surface area contributed by atoms with Gasteiger partial charge in [0.15, 0.2) is 12.2 Å². The van der Waals surface area contributed by atoms with Gasteiger partial charge in [-0.25, -0.2) is 4.98 Å². The van der Waals surface area contributed by atoms with E-state index in [0.29, 0.717) is 0 Å². The van der Waals surface area contributed by atoms with Gasteiger partial charge in [-0.1, -0.05) is 39.8 Å². The van der Waals surface area contributed by atoms with Crippen LogP contribution in [-0.2, 0) is 0 Å². The predicted octanol–water partition coefficient (Wildman–Crippen LogP) is 4.16. The second-order valence-electron chi connectivity index (χ2n) is 2.14. The molecule has 0 fully saturated rings. The first-order valence-corrected chi connectivity index (χ1v) is 5.23. The molecular weight excluding hydrogens is 174 g/mol. The van der Waals surface area contributed by atoms with Gasteiger partial charge in [0.05, 0.1) is 0 Å². The van der Waals surface area contributed by atoms with Crippen LogP contribution in [-0.4, -0.2) is 4.98 Å². The minimum absolute atomic E-state index is 0.855. The van der Waals surface area contributed by atoms with E-state index in [1.165, 1.54) is 6.39 Å². The summed E-state index contributed by atoms with van der Waals surface area (Å²) in [5, 5.41) is 0. The van der Waals surface area contributed by atoms with Crippen molar-refractivity contribution >= 4 is 12.2 Å². The van der Waals surface area contributed by atoms with Gasteiger partial charge < -0.3 is 4.42 Å². The van der Waals surface area contributed by atoms with Gasteiger partial charge in [0.2, 0.25) is 0 Å². The maximum atomic E-state index is 5.09. The van der Waals surface area contributed by atoms with E-state index in [-0.39, 0.29) is 0 Å². The Labute approximate surface area is 86.4 Å². The van der Waals surface area contributed by atoms with Crippen LogP contribution >= 0.6 is 0 Å². The summed E-state index contributed by atoms with van der Waals surface area (Å²) in [4.78, 5) is 4.01. The van der Waals surface area contributed by atoms with E-state index < -0.39 is 0 Å². The minimum atomic E-state index is 0.855.